The summed E-state index contributed by atoms with van der Waals surface area (Å²) < 4.78 is 0. The van der Waals surface area contributed by atoms with Gasteiger partial charge in [0.15, 0.2) is 0 Å². The molecule has 3 aliphatic heterocycles. The summed E-state index contributed by atoms with van der Waals surface area (Å²) in [7, 11) is 0. The number of allylic oxidation sites excluding steroid dienone is 1. The van der Waals surface area contributed by atoms with Crippen molar-refractivity contribution >= 4 is 23.1 Å². The fourth-order valence-electron chi connectivity index (χ4n) is 3.49. The highest BCUT2D eigenvalue weighted by Gasteiger charge is 2.44. The lowest BCUT2D eigenvalue weighted by atomic mass is 9.87. The number of halogens is 1. The second kappa shape index (κ2) is 6.43. The van der Waals surface area contributed by atoms with Crippen LogP contribution in [0.2, 0.25) is 5.02 Å². The summed E-state index contributed by atoms with van der Waals surface area (Å²) in [4.78, 5) is 16.4. The molecule has 0 saturated carbocycles. The second-order valence-electron chi connectivity index (χ2n) is 6.29. The molecule has 1 aromatic rings. The van der Waals surface area contributed by atoms with Crippen LogP contribution in [0.1, 0.15) is 32.3 Å². The first kappa shape index (κ1) is 15.6. The number of hydrogen-bond acceptors (Lipinski definition) is 2. The van der Waals surface area contributed by atoms with Crippen LogP contribution in [0.4, 0.5) is 0 Å². The number of carbonyl (C=O) groups is 1. The topological polar surface area (TPSA) is 23.6 Å². The molecule has 3 heterocycles. The molecule has 0 N–H and O–H groups in total. The zero-order chi connectivity index (χ0) is 15.7. The Hall–Kier alpha value is -1.32. The molecular weight excluding hydrogens is 296 g/mol. The van der Waals surface area contributed by atoms with E-state index in [1.54, 1.807) is 0 Å². The van der Waals surface area contributed by atoms with Crippen molar-refractivity contribution in [1.29, 1.82) is 0 Å². The molecule has 0 aliphatic carbocycles. The lowest BCUT2D eigenvalue weighted by Crippen LogP contribution is -2.69. The number of rotatable bonds is 4. The van der Waals surface area contributed by atoms with E-state index >= 15 is 0 Å². The maximum Gasteiger partial charge on any atom is 0.222 e. The van der Waals surface area contributed by atoms with E-state index in [1.165, 1.54) is 17.6 Å². The first-order chi connectivity index (χ1) is 10.6. The van der Waals surface area contributed by atoms with Crippen LogP contribution >= 0.6 is 11.6 Å². The minimum Gasteiger partial charge on any atom is -0.340 e. The molecule has 0 spiro atoms. The van der Waals surface area contributed by atoms with Crippen LogP contribution in [-0.4, -0.2) is 47.4 Å². The summed E-state index contributed by atoms with van der Waals surface area (Å²) >= 11 is 5.93. The van der Waals surface area contributed by atoms with Gasteiger partial charge in [-0.2, -0.15) is 0 Å². The van der Waals surface area contributed by atoms with Crippen LogP contribution in [0.5, 0.6) is 0 Å². The summed E-state index contributed by atoms with van der Waals surface area (Å²) in [5.74, 6) is 0.294. The first-order valence-electron chi connectivity index (χ1n) is 8.04. The molecular formula is C18H23ClN2O. The summed E-state index contributed by atoms with van der Waals surface area (Å²) in [6.45, 7) is 6.86. The Balaban J connectivity index is 1.58. The monoisotopic (exact) mass is 318 g/mol. The van der Waals surface area contributed by atoms with Crippen molar-refractivity contribution in [2.75, 3.05) is 19.6 Å². The van der Waals surface area contributed by atoms with Crippen LogP contribution in [0, 0.1) is 0 Å². The molecule has 2 bridgehead atoms. The van der Waals surface area contributed by atoms with E-state index in [2.05, 4.69) is 30.0 Å². The van der Waals surface area contributed by atoms with Gasteiger partial charge in [-0.05, 0) is 36.6 Å². The van der Waals surface area contributed by atoms with Crippen LogP contribution < -0.4 is 0 Å². The Labute approximate surface area is 137 Å². The predicted molar refractivity (Wildman–Crippen MR) is 90.9 cm³/mol. The third-order valence-electron chi connectivity index (χ3n) is 4.91. The molecule has 2 unspecified atom stereocenters. The molecule has 4 rings (SSSR count). The minimum atomic E-state index is 0.294. The van der Waals surface area contributed by atoms with Crippen molar-refractivity contribution in [2.24, 2.45) is 0 Å². The molecule has 118 valence electrons. The van der Waals surface area contributed by atoms with Gasteiger partial charge in [0.1, 0.15) is 0 Å². The number of nitrogens with zero attached hydrogens (tertiary/aromatic N) is 2. The van der Waals surface area contributed by atoms with Gasteiger partial charge in [-0.1, -0.05) is 36.7 Å². The van der Waals surface area contributed by atoms with Gasteiger partial charge in [-0.15, -0.1) is 0 Å². The number of piperidine rings is 1. The fraction of sp³-hybridized carbons (Fsp3) is 0.500. The average Bonchev–Trinajstić information content (AvgIpc) is 2.54. The number of benzene rings is 1. The second-order valence-corrected chi connectivity index (χ2v) is 6.72. The normalized spacial score (nSPS) is 25.0. The van der Waals surface area contributed by atoms with E-state index in [9.17, 15) is 4.79 Å². The Morgan fingerprint density at radius 2 is 1.91 bits per heavy atom. The van der Waals surface area contributed by atoms with Gasteiger partial charge >= 0.3 is 0 Å². The van der Waals surface area contributed by atoms with Crippen LogP contribution in [0.15, 0.2) is 30.3 Å². The van der Waals surface area contributed by atoms with Crippen molar-refractivity contribution < 1.29 is 4.79 Å². The molecule has 1 aromatic carbocycles. The Bertz CT molecular complexity index is 569. The number of piperazine rings is 1. The highest BCUT2D eigenvalue weighted by molar-refractivity contribution is 6.30. The van der Waals surface area contributed by atoms with Gasteiger partial charge in [0.05, 0.1) is 0 Å². The van der Waals surface area contributed by atoms with Crippen molar-refractivity contribution in [1.82, 2.24) is 9.80 Å². The van der Waals surface area contributed by atoms with Crippen molar-refractivity contribution in [3.8, 4) is 0 Å². The van der Waals surface area contributed by atoms with Crippen molar-refractivity contribution in [2.45, 2.75) is 38.8 Å². The van der Waals surface area contributed by atoms with E-state index < -0.39 is 0 Å². The summed E-state index contributed by atoms with van der Waals surface area (Å²) in [5, 5.41) is 0.773. The Kier molecular flexibility index (Phi) is 4.55. The number of amides is 1. The predicted octanol–water partition coefficient (Wildman–Crippen LogP) is 3.44. The lowest BCUT2D eigenvalue weighted by Gasteiger charge is -2.56. The molecule has 22 heavy (non-hydrogen) atoms. The molecule has 4 heteroatoms. The van der Waals surface area contributed by atoms with Gasteiger partial charge < -0.3 is 4.90 Å². The quantitative estimate of drug-likeness (QED) is 0.849. The molecule has 3 nitrogen and oxygen atoms in total. The highest BCUT2D eigenvalue weighted by atomic mass is 35.5. The smallest absolute Gasteiger partial charge is 0.222 e. The molecule has 3 aliphatic rings. The Morgan fingerprint density at radius 3 is 2.50 bits per heavy atom. The summed E-state index contributed by atoms with van der Waals surface area (Å²) in [6.07, 6.45) is 4.15. The molecule has 3 fully saturated rings. The van der Waals surface area contributed by atoms with E-state index in [1.807, 2.05) is 24.0 Å². The number of hydrogen-bond donors (Lipinski definition) is 0. The zero-order valence-electron chi connectivity index (χ0n) is 13.3. The van der Waals surface area contributed by atoms with Crippen LogP contribution in [0.25, 0.3) is 5.57 Å². The minimum absolute atomic E-state index is 0.294. The first-order valence-corrected chi connectivity index (χ1v) is 8.42. The fourth-order valence-corrected chi connectivity index (χ4v) is 3.61. The van der Waals surface area contributed by atoms with E-state index in [-0.39, 0.29) is 0 Å². The van der Waals surface area contributed by atoms with Gasteiger partial charge in [-0.25, -0.2) is 0 Å². The standard InChI is InChI=1S/C18H23ClN2O/c1-3-18(22)20-11-16-10-17(12-20)21(16)9-8-13(2)14-4-6-15(19)7-5-14/h4-8,16-17H,3,9-12H2,1-2H3. The Morgan fingerprint density at radius 1 is 1.27 bits per heavy atom. The van der Waals surface area contributed by atoms with E-state index in [0.717, 1.165) is 24.7 Å². The number of carbonyl (C=O) groups excluding carboxylic acids is 1. The van der Waals surface area contributed by atoms with E-state index in [4.69, 9.17) is 11.6 Å². The molecule has 0 aromatic heterocycles. The maximum atomic E-state index is 11.8. The van der Waals surface area contributed by atoms with Gasteiger partial charge in [0, 0.05) is 43.2 Å². The largest absolute Gasteiger partial charge is 0.340 e. The SMILES string of the molecule is CCC(=O)N1CC2CC(C1)N2CC=C(C)c1ccc(Cl)cc1. The summed E-state index contributed by atoms with van der Waals surface area (Å²) in [6, 6.07) is 9.08. The zero-order valence-corrected chi connectivity index (χ0v) is 14.0. The van der Waals surface area contributed by atoms with Gasteiger partial charge in [0.2, 0.25) is 5.91 Å². The molecule has 0 radical (unpaired) electrons. The van der Waals surface area contributed by atoms with E-state index in [0.29, 0.717) is 24.4 Å². The van der Waals surface area contributed by atoms with Crippen molar-refractivity contribution in [3.05, 3.63) is 40.9 Å². The third-order valence-corrected chi connectivity index (χ3v) is 5.16. The lowest BCUT2D eigenvalue weighted by molar-refractivity contribution is -0.142. The van der Waals surface area contributed by atoms with Gasteiger partial charge in [-0.3, -0.25) is 9.69 Å². The third kappa shape index (κ3) is 3.06. The van der Waals surface area contributed by atoms with Gasteiger partial charge in [0.25, 0.3) is 0 Å². The maximum absolute atomic E-state index is 11.8. The van der Waals surface area contributed by atoms with Crippen molar-refractivity contribution in [3.63, 3.8) is 0 Å². The number of fused-ring (bicyclic) bond motifs is 2. The molecule has 1 amide bonds. The summed E-state index contributed by atoms with van der Waals surface area (Å²) in [5.41, 5.74) is 2.50. The van der Waals surface area contributed by atoms with Crippen LogP contribution in [-0.2, 0) is 4.79 Å². The van der Waals surface area contributed by atoms with Crippen LogP contribution in [0.3, 0.4) is 0 Å². The average molecular weight is 319 g/mol. The molecule has 3 saturated heterocycles. The molecule has 2 atom stereocenters. The highest BCUT2D eigenvalue weighted by Crippen LogP contribution is 2.32.